The molecule has 16 nitrogen and oxygen atoms in total. The van der Waals surface area contributed by atoms with Crippen LogP contribution in [0.15, 0.2) is 88.8 Å². The molecule has 0 saturated carbocycles. The van der Waals surface area contributed by atoms with Gasteiger partial charge < -0.3 is 30.4 Å². The van der Waals surface area contributed by atoms with Crippen LogP contribution in [0.4, 0.5) is 17.1 Å². The summed E-state index contributed by atoms with van der Waals surface area (Å²) in [5.74, 6) is 1.35. The third-order valence-corrected chi connectivity index (χ3v) is 14.0. The number of hydrogen-bond acceptors (Lipinski definition) is 12. The minimum atomic E-state index is -0.327. The number of aromatic nitrogens is 6. The molecule has 64 heavy (non-hydrogen) atoms. The predicted octanol–water partition coefficient (Wildman–Crippen LogP) is 4.87. The third-order valence-electron chi connectivity index (χ3n) is 14.0. The van der Waals surface area contributed by atoms with Gasteiger partial charge in [0.15, 0.2) is 0 Å². The fourth-order valence-electron chi connectivity index (χ4n) is 10.4. The fraction of sp³-hybridized carbons (Fsp3) is 0.417. The van der Waals surface area contributed by atoms with E-state index in [1.54, 1.807) is 56.0 Å². The van der Waals surface area contributed by atoms with Crippen molar-refractivity contribution in [2.45, 2.75) is 68.9 Å². The predicted molar refractivity (Wildman–Crippen MR) is 247 cm³/mol. The number of benzene rings is 2. The molecule has 2 amide bonds. The van der Waals surface area contributed by atoms with Crippen LogP contribution in [0, 0.1) is 0 Å². The van der Waals surface area contributed by atoms with Crippen molar-refractivity contribution < 1.29 is 9.59 Å². The maximum atomic E-state index is 13.4. The van der Waals surface area contributed by atoms with Gasteiger partial charge in [0.05, 0.1) is 33.7 Å². The van der Waals surface area contributed by atoms with Crippen molar-refractivity contribution in [3.63, 3.8) is 0 Å². The average molecular weight is 863 g/mol. The summed E-state index contributed by atoms with van der Waals surface area (Å²) in [6.07, 6.45) is 12.1. The van der Waals surface area contributed by atoms with Crippen LogP contribution >= 0.6 is 0 Å². The van der Waals surface area contributed by atoms with Crippen LogP contribution in [0.5, 0.6) is 0 Å². The SMILES string of the molecule is CNC(=O)c1ccc(N2CCC(N3CCCC(c4nc5cc(NC(=O)c6ccc(N7CCC(N8CCC(c9nc%10ccncc%10c(=O)[nH]9)C8)CC7)cn6)ccc5c(=O)[nH]4)C3)CC2)cc1. The number of fused-ring (bicyclic) bond motifs is 2. The summed E-state index contributed by atoms with van der Waals surface area (Å²) < 4.78 is 0. The van der Waals surface area contributed by atoms with E-state index in [4.69, 9.17) is 9.97 Å². The summed E-state index contributed by atoms with van der Waals surface area (Å²) in [5.41, 5.74) is 4.58. The normalized spacial score (nSPS) is 20.5. The third kappa shape index (κ3) is 8.59. The van der Waals surface area contributed by atoms with Gasteiger partial charge in [0, 0.05) is 99.6 Å². The van der Waals surface area contributed by atoms with E-state index >= 15 is 0 Å². The quantitative estimate of drug-likeness (QED) is 0.155. The van der Waals surface area contributed by atoms with Crippen LogP contribution in [0.2, 0.25) is 0 Å². The topological polar surface area (TPSA) is 188 Å². The van der Waals surface area contributed by atoms with E-state index in [0.717, 1.165) is 115 Å². The van der Waals surface area contributed by atoms with Crippen molar-refractivity contribution in [3.05, 3.63) is 123 Å². The summed E-state index contributed by atoms with van der Waals surface area (Å²) in [7, 11) is 1.64. The lowest BCUT2D eigenvalue weighted by Crippen LogP contribution is -2.48. The number of nitrogens with zero attached hydrogens (tertiary/aromatic N) is 8. The van der Waals surface area contributed by atoms with Gasteiger partial charge in [0.25, 0.3) is 22.9 Å². The average Bonchev–Trinajstić information content (AvgIpc) is 3.85. The largest absolute Gasteiger partial charge is 0.371 e. The number of pyridine rings is 2. The Balaban J connectivity index is 0.722. The van der Waals surface area contributed by atoms with Crippen LogP contribution in [-0.2, 0) is 0 Å². The molecule has 2 atom stereocenters. The molecule has 4 aliphatic heterocycles. The highest BCUT2D eigenvalue weighted by Gasteiger charge is 2.34. The molecule has 0 bridgehead atoms. The van der Waals surface area contributed by atoms with Gasteiger partial charge in [-0.25, -0.2) is 15.0 Å². The molecule has 4 saturated heterocycles. The number of carbonyl (C=O) groups excluding carboxylic acids is 2. The van der Waals surface area contributed by atoms with E-state index in [1.165, 1.54) is 0 Å². The Bertz CT molecular complexity index is 2780. The van der Waals surface area contributed by atoms with Gasteiger partial charge in [-0.2, -0.15) is 0 Å². The van der Waals surface area contributed by atoms with Gasteiger partial charge in [0.2, 0.25) is 0 Å². The van der Waals surface area contributed by atoms with Crippen LogP contribution in [0.25, 0.3) is 21.8 Å². The van der Waals surface area contributed by atoms with Crippen molar-refractivity contribution in [1.82, 2.24) is 45.0 Å². The van der Waals surface area contributed by atoms with Crippen LogP contribution < -0.4 is 31.6 Å². The summed E-state index contributed by atoms with van der Waals surface area (Å²) in [6, 6.07) is 19.5. The number of H-pyrrole nitrogens is 2. The van der Waals surface area contributed by atoms with Crippen molar-refractivity contribution >= 4 is 50.7 Å². The summed E-state index contributed by atoms with van der Waals surface area (Å²) in [5, 5.41) is 6.66. The second-order valence-electron chi connectivity index (χ2n) is 17.8. The molecule has 330 valence electrons. The van der Waals surface area contributed by atoms with E-state index in [0.29, 0.717) is 56.7 Å². The van der Waals surface area contributed by atoms with Crippen molar-refractivity contribution in [3.8, 4) is 0 Å². The van der Waals surface area contributed by atoms with Crippen LogP contribution in [0.3, 0.4) is 0 Å². The molecule has 2 aromatic carbocycles. The van der Waals surface area contributed by atoms with Crippen molar-refractivity contribution in [2.24, 2.45) is 0 Å². The molecule has 10 rings (SSSR count). The fourth-order valence-corrected chi connectivity index (χ4v) is 10.4. The number of hydrogen-bond donors (Lipinski definition) is 4. The van der Waals surface area contributed by atoms with Gasteiger partial charge in [-0.15, -0.1) is 0 Å². The molecule has 4 aromatic heterocycles. The van der Waals surface area contributed by atoms with Gasteiger partial charge in [0.1, 0.15) is 17.3 Å². The van der Waals surface area contributed by atoms with Crippen LogP contribution in [0.1, 0.15) is 89.3 Å². The zero-order valence-corrected chi connectivity index (χ0v) is 36.1. The molecule has 8 heterocycles. The van der Waals surface area contributed by atoms with E-state index in [1.807, 2.05) is 30.3 Å². The number of piperidine rings is 3. The number of rotatable bonds is 9. The lowest BCUT2D eigenvalue weighted by molar-refractivity contribution is 0.0962. The second kappa shape index (κ2) is 17.9. The van der Waals surface area contributed by atoms with E-state index < -0.39 is 0 Å². The Hall–Kier alpha value is -6.52. The van der Waals surface area contributed by atoms with Crippen molar-refractivity contribution in [2.75, 3.05) is 74.5 Å². The Labute approximate surface area is 370 Å². The molecule has 6 aromatic rings. The second-order valence-corrected chi connectivity index (χ2v) is 17.8. The Morgan fingerprint density at radius 1 is 0.641 bits per heavy atom. The molecule has 4 fully saturated rings. The molecule has 2 unspecified atom stereocenters. The standard InChI is InChI=1S/C48H54N12O4/c1-49-45(61)30-4-7-34(8-5-30)57-21-14-35(15-22-57)59-19-2-3-31(28-59)43-54-42-25-33(6-10-38(42)46(62)55-43)52-48(64)41-11-9-37(26-51-41)58-23-16-36(17-24-58)60-20-13-32(29-60)44-53-40-12-18-50-27-39(40)47(63)56-44/h4-12,18,25-27,31-32,35-36H,2-3,13-17,19-24,28-29H2,1H3,(H,49,61)(H,52,64)(H,53,56,63)(H,54,55,62). The maximum absolute atomic E-state index is 13.4. The van der Waals surface area contributed by atoms with Gasteiger partial charge in [-0.05, 0) is 119 Å². The van der Waals surface area contributed by atoms with Crippen molar-refractivity contribution in [1.29, 1.82) is 0 Å². The highest BCUT2D eigenvalue weighted by molar-refractivity contribution is 6.03. The lowest BCUT2D eigenvalue weighted by Gasteiger charge is -2.42. The highest BCUT2D eigenvalue weighted by Crippen LogP contribution is 2.32. The van der Waals surface area contributed by atoms with E-state index in [9.17, 15) is 19.2 Å². The molecule has 0 spiro atoms. The Kier molecular flexibility index (Phi) is 11.6. The lowest BCUT2D eigenvalue weighted by atomic mass is 9.93. The molecule has 0 radical (unpaired) electrons. The zero-order chi connectivity index (χ0) is 43.7. The molecular formula is C48H54N12O4. The van der Waals surface area contributed by atoms with Gasteiger partial charge in [-0.1, -0.05) is 0 Å². The first-order chi connectivity index (χ1) is 31.3. The number of amides is 2. The maximum Gasteiger partial charge on any atom is 0.274 e. The summed E-state index contributed by atoms with van der Waals surface area (Å²) >= 11 is 0. The summed E-state index contributed by atoms with van der Waals surface area (Å²) in [4.78, 5) is 85.7. The first-order valence-electron chi connectivity index (χ1n) is 22.7. The molecular weight excluding hydrogens is 809 g/mol. The number of carbonyl (C=O) groups is 2. The Morgan fingerprint density at radius 2 is 1.28 bits per heavy atom. The monoisotopic (exact) mass is 862 g/mol. The smallest absolute Gasteiger partial charge is 0.274 e. The zero-order valence-electron chi connectivity index (χ0n) is 36.1. The summed E-state index contributed by atoms with van der Waals surface area (Å²) in [6.45, 7) is 7.38. The Morgan fingerprint density at radius 3 is 1.97 bits per heavy atom. The minimum Gasteiger partial charge on any atom is -0.371 e. The highest BCUT2D eigenvalue weighted by atomic mass is 16.2. The molecule has 0 aliphatic carbocycles. The van der Waals surface area contributed by atoms with Gasteiger partial charge >= 0.3 is 0 Å². The number of nitrogens with one attached hydrogen (secondary N) is 4. The molecule has 4 aliphatic rings. The van der Waals surface area contributed by atoms with Crippen LogP contribution in [-0.4, -0.2) is 123 Å². The first kappa shape index (κ1) is 41.5. The first-order valence-corrected chi connectivity index (χ1v) is 22.7. The number of likely N-dealkylation sites (tertiary alicyclic amines) is 2. The minimum absolute atomic E-state index is 0.0806. The molecule has 16 heteroatoms. The number of anilines is 3. The van der Waals surface area contributed by atoms with Gasteiger partial charge in [-0.3, -0.25) is 34.0 Å². The number of aromatic amines is 2. The molecule has 4 N–H and O–H groups in total. The van der Waals surface area contributed by atoms with E-state index in [-0.39, 0.29) is 34.8 Å². The van der Waals surface area contributed by atoms with E-state index in [2.05, 4.69) is 50.2 Å².